The molecule has 3 amide bonds. The molecule has 1 aromatic heterocycles. The average molecular weight is 430 g/mol. The standard InChI is InChI=1S/C21H27N5O3S/c1-3-14(2)22-17(27)13-15-9-11-26(12-10-15)21(29)20-25-24-19(30-20)18(28)23-16-7-5-4-6-8-16/h4-8,14-15H,3,9-13H2,1-2H3,(H,22,27)(H,23,28)/t14-/m0/s1. The van der Waals surface area contributed by atoms with Gasteiger partial charge in [-0.25, -0.2) is 0 Å². The number of likely N-dealkylation sites (tertiary alicyclic amines) is 1. The summed E-state index contributed by atoms with van der Waals surface area (Å²) in [5, 5.41) is 13.9. The molecule has 0 unspecified atom stereocenters. The van der Waals surface area contributed by atoms with Crippen LogP contribution >= 0.6 is 11.3 Å². The maximum absolute atomic E-state index is 12.7. The van der Waals surface area contributed by atoms with E-state index in [0.29, 0.717) is 25.2 Å². The second-order valence-corrected chi connectivity index (χ2v) is 8.53. The van der Waals surface area contributed by atoms with Crippen molar-refractivity contribution in [3.8, 4) is 0 Å². The highest BCUT2D eigenvalue weighted by Crippen LogP contribution is 2.23. The molecule has 0 bridgehead atoms. The van der Waals surface area contributed by atoms with Crippen molar-refractivity contribution in [2.24, 2.45) is 5.92 Å². The topological polar surface area (TPSA) is 104 Å². The van der Waals surface area contributed by atoms with Crippen molar-refractivity contribution in [3.63, 3.8) is 0 Å². The smallest absolute Gasteiger partial charge is 0.286 e. The van der Waals surface area contributed by atoms with Gasteiger partial charge in [0.2, 0.25) is 15.9 Å². The first-order chi connectivity index (χ1) is 14.5. The maximum Gasteiger partial charge on any atom is 0.286 e. The summed E-state index contributed by atoms with van der Waals surface area (Å²) < 4.78 is 0. The van der Waals surface area contributed by atoms with Crippen LogP contribution in [0.15, 0.2) is 30.3 Å². The number of piperidine rings is 1. The number of nitrogens with one attached hydrogen (secondary N) is 2. The van der Waals surface area contributed by atoms with Crippen molar-refractivity contribution in [1.82, 2.24) is 20.4 Å². The molecule has 1 aliphatic rings. The van der Waals surface area contributed by atoms with Crippen molar-refractivity contribution in [3.05, 3.63) is 40.3 Å². The number of rotatable bonds is 7. The zero-order valence-corrected chi connectivity index (χ0v) is 18.1. The average Bonchev–Trinajstić information content (AvgIpc) is 3.25. The van der Waals surface area contributed by atoms with E-state index in [9.17, 15) is 14.4 Å². The van der Waals surface area contributed by atoms with Gasteiger partial charge in [-0.05, 0) is 44.2 Å². The normalized spacial score (nSPS) is 15.5. The zero-order valence-electron chi connectivity index (χ0n) is 17.3. The van der Waals surface area contributed by atoms with E-state index in [1.807, 2.05) is 32.0 Å². The van der Waals surface area contributed by atoms with Gasteiger partial charge in [-0.3, -0.25) is 14.4 Å². The molecule has 0 spiro atoms. The number of hydrogen-bond donors (Lipinski definition) is 2. The van der Waals surface area contributed by atoms with E-state index in [4.69, 9.17) is 0 Å². The minimum absolute atomic E-state index is 0.0762. The summed E-state index contributed by atoms with van der Waals surface area (Å²) in [6, 6.07) is 9.24. The molecule has 1 atom stereocenters. The van der Waals surface area contributed by atoms with Crippen LogP contribution in [0.3, 0.4) is 0 Å². The highest BCUT2D eigenvalue weighted by atomic mass is 32.1. The molecule has 8 nitrogen and oxygen atoms in total. The van der Waals surface area contributed by atoms with E-state index in [-0.39, 0.29) is 39.7 Å². The molecule has 2 heterocycles. The molecule has 1 aliphatic heterocycles. The summed E-state index contributed by atoms with van der Waals surface area (Å²) in [4.78, 5) is 38.8. The third-order valence-electron chi connectivity index (χ3n) is 5.23. The molecule has 2 aromatic rings. The number of anilines is 1. The van der Waals surface area contributed by atoms with Crippen LogP contribution in [0.1, 0.15) is 59.1 Å². The van der Waals surface area contributed by atoms with Gasteiger partial charge in [0.1, 0.15) is 0 Å². The highest BCUT2D eigenvalue weighted by molar-refractivity contribution is 7.15. The van der Waals surface area contributed by atoms with Gasteiger partial charge < -0.3 is 15.5 Å². The first kappa shape index (κ1) is 21.9. The number of carbonyl (C=O) groups excluding carboxylic acids is 3. The number of para-hydroxylation sites is 1. The summed E-state index contributed by atoms with van der Waals surface area (Å²) in [5.41, 5.74) is 0.657. The van der Waals surface area contributed by atoms with Crippen LogP contribution in [0.5, 0.6) is 0 Å². The van der Waals surface area contributed by atoms with Gasteiger partial charge in [0, 0.05) is 31.2 Å². The Labute approximate surface area is 180 Å². The Hall–Kier alpha value is -2.81. The fraction of sp³-hybridized carbons (Fsp3) is 0.476. The number of aromatic nitrogens is 2. The fourth-order valence-electron chi connectivity index (χ4n) is 3.28. The van der Waals surface area contributed by atoms with Crippen LogP contribution in [0.25, 0.3) is 0 Å². The van der Waals surface area contributed by atoms with Crippen molar-refractivity contribution >= 4 is 34.7 Å². The molecule has 1 saturated heterocycles. The molecule has 1 aromatic carbocycles. The summed E-state index contributed by atoms with van der Waals surface area (Å²) in [5.74, 6) is -0.246. The molecule has 2 N–H and O–H groups in total. The summed E-state index contributed by atoms with van der Waals surface area (Å²) in [7, 11) is 0. The Morgan fingerprint density at radius 2 is 1.80 bits per heavy atom. The molecule has 9 heteroatoms. The van der Waals surface area contributed by atoms with Gasteiger partial charge in [0.25, 0.3) is 11.8 Å². The van der Waals surface area contributed by atoms with Gasteiger partial charge >= 0.3 is 0 Å². The number of amides is 3. The second kappa shape index (κ2) is 10.3. The van der Waals surface area contributed by atoms with Gasteiger partial charge in [0.15, 0.2) is 0 Å². The fourth-order valence-corrected chi connectivity index (χ4v) is 3.99. The van der Waals surface area contributed by atoms with Crippen LogP contribution in [0, 0.1) is 5.92 Å². The Morgan fingerprint density at radius 1 is 1.13 bits per heavy atom. The Kier molecular flexibility index (Phi) is 7.51. The third-order valence-corrected chi connectivity index (χ3v) is 6.14. The Bertz CT molecular complexity index is 878. The van der Waals surface area contributed by atoms with Crippen LogP contribution in [0.4, 0.5) is 5.69 Å². The monoisotopic (exact) mass is 429 g/mol. The van der Waals surface area contributed by atoms with Gasteiger partial charge in [-0.15, -0.1) is 10.2 Å². The molecule has 0 aliphatic carbocycles. The summed E-state index contributed by atoms with van der Waals surface area (Å²) in [6.07, 6.45) is 2.96. The molecule has 0 radical (unpaired) electrons. The van der Waals surface area contributed by atoms with Gasteiger partial charge in [-0.1, -0.05) is 36.5 Å². The van der Waals surface area contributed by atoms with Crippen LogP contribution in [-0.2, 0) is 4.79 Å². The Balaban J connectivity index is 1.50. The second-order valence-electron chi connectivity index (χ2n) is 7.55. The van der Waals surface area contributed by atoms with Crippen molar-refractivity contribution < 1.29 is 14.4 Å². The van der Waals surface area contributed by atoms with Crippen LogP contribution < -0.4 is 10.6 Å². The lowest BCUT2D eigenvalue weighted by molar-refractivity contribution is -0.122. The zero-order chi connectivity index (χ0) is 21.5. The van der Waals surface area contributed by atoms with E-state index in [0.717, 1.165) is 30.6 Å². The predicted octanol–water partition coefficient (Wildman–Crippen LogP) is 2.95. The van der Waals surface area contributed by atoms with Gasteiger partial charge in [0.05, 0.1) is 0 Å². The minimum Gasteiger partial charge on any atom is -0.354 e. The van der Waals surface area contributed by atoms with Crippen molar-refractivity contribution in [2.45, 2.75) is 45.6 Å². The summed E-state index contributed by atoms with van der Waals surface area (Å²) in [6.45, 7) is 5.19. The van der Waals surface area contributed by atoms with Gasteiger partial charge in [-0.2, -0.15) is 0 Å². The lowest BCUT2D eigenvalue weighted by Crippen LogP contribution is -2.40. The maximum atomic E-state index is 12.7. The molecule has 1 fully saturated rings. The molecule has 160 valence electrons. The minimum atomic E-state index is -0.385. The SMILES string of the molecule is CC[C@H](C)NC(=O)CC1CCN(C(=O)c2nnc(C(=O)Nc3ccccc3)s2)CC1. The number of hydrogen-bond acceptors (Lipinski definition) is 6. The van der Waals surface area contributed by atoms with E-state index in [1.54, 1.807) is 17.0 Å². The lowest BCUT2D eigenvalue weighted by Gasteiger charge is -2.31. The quantitative estimate of drug-likeness (QED) is 0.704. The summed E-state index contributed by atoms with van der Waals surface area (Å²) >= 11 is 0.993. The van der Waals surface area contributed by atoms with E-state index in [2.05, 4.69) is 20.8 Å². The first-order valence-corrected chi connectivity index (χ1v) is 11.1. The van der Waals surface area contributed by atoms with E-state index < -0.39 is 0 Å². The van der Waals surface area contributed by atoms with E-state index in [1.165, 1.54) is 0 Å². The Morgan fingerprint density at radius 3 is 2.47 bits per heavy atom. The predicted molar refractivity (Wildman–Crippen MR) is 115 cm³/mol. The molecule has 0 saturated carbocycles. The molecular formula is C21H27N5O3S. The first-order valence-electron chi connectivity index (χ1n) is 10.2. The number of carbonyl (C=O) groups is 3. The van der Waals surface area contributed by atoms with Crippen LogP contribution in [0.2, 0.25) is 0 Å². The van der Waals surface area contributed by atoms with Crippen molar-refractivity contribution in [1.29, 1.82) is 0 Å². The number of nitrogens with zero attached hydrogens (tertiary/aromatic N) is 3. The van der Waals surface area contributed by atoms with Crippen LogP contribution in [-0.4, -0.2) is 52.0 Å². The lowest BCUT2D eigenvalue weighted by atomic mass is 9.93. The number of benzene rings is 1. The largest absolute Gasteiger partial charge is 0.354 e. The molecule has 30 heavy (non-hydrogen) atoms. The molecule has 3 rings (SSSR count). The third kappa shape index (κ3) is 5.85. The van der Waals surface area contributed by atoms with E-state index >= 15 is 0 Å². The van der Waals surface area contributed by atoms with Crippen molar-refractivity contribution in [2.75, 3.05) is 18.4 Å². The highest BCUT2D eigenvalue weighted by Gasteiger charge is 2.28. The molecular weight excluding hydrogens is 402 g/mol.